The van der Waals surface area contributed by atoms with Crippen LogP contribution >= 0.6 is 11.8 Å². The molecule has 1 nitrogen and oxygen atoms in total. The van der Waals surface area contributed by atoms with Gasteiger partial charge in [0.05, 0.1) is 12.9 Å². The summed E-state index contributed by atoms with van der Waals surface area (Å²) in [6, 6.07) is 0. The minimum Gasteiger partial charge on any atom is -0.500 e. The number of thioether (sulfide) groups is 1. The zero-order chi connectivity index (χ0) is 6.69. The molecule has 1 saturated heterocycles. The van der Waals surface area contributed by atoms with Crippen LogP contribution in [0.15, 0.2) is 11.8 Å². The summed E-state index contributed by atoms with van der Waals surface area (Å²) in [4.78, 5) is 0. The molecule has 1 aliphatic rings. The van der Waals surface area contributed by atoms with Gasteiger partial charge in [0.1, 0.15) is 0 Å². The molecular formula is C7H12OS. The topological polar surface area (TPSA) is 9.23 Å². The highest BCUT2D eigenvalue weighted by Gasteiger charge is 2.22. The minimum absolute atomic E-state index is 0.792. The van der Waals surface area contributed by atoms with E-state index >= 15 is 0 Å². The van der Waals surface area contributed by atoms with Crippen LogP contribution in [0.4, 0.5) is 0 Å². The summed E-state index contributed by atoms with van der Waals surface area (Å²) in [6.07, 6.45) is 1.83. The maximum Gasteiger partial charge on any atom is 0.0999 e. The van der Waals surface area contributed by atoms with Crippen LogP contribution in [-0.2, 0) is 4.74 Å². The van der Waals surface area contributed by atoms with E-state index < -0.39 is 0 Å². The van der Waals surface area contributed by atoms with Gasteiger partial charge < -0.3 is 4.74 Å². The lowest BCUT2D eigenvalue weighted by molar-refractivity contribution is 0.257. The van der Waals surface area contributed by atoms with Crippen molar-refractivity contribution in [2.24, 2.45) is 0 Å². The summed E-state index contributed by atoms with van der Waals surface area (Å²) >= 11 is 1.97. The van der Waals surface area contributed by atoms with Crippen molar-refractivity contribution in [3.05, 3.63) is 11.8 Å². The summed E-state index contributed by atoms with van der Waals surface area (Å²) in [5.41, 5.74) is 1.24. The Morgan fingerprint density at radius 3 is 2.89 bits per heavy atom. The normalized spacial score (nSPS) is 23.1. The van der Waals surface area contributed by atoms with E-state index in [0.717, 1.165) is 11.9 Å². The lowest BCUT2D eigenvalue weighted by Gasteiger charge is -1.96. The fraction of sp³-hybridized carbons (Fsp3) is 0.714. The zero-order valence-electron chi connectivity index (χ0n) is 5.89. The SMILES string of the molecule is CC(C)=COCC1CS1. The third-order valence-electron chi connectivity index (χ3n) is 1.00. The Kier molecular flexibility index (Phi) is 2.46. The number of allylic oxidation sites excluding steroid dienone is 1. The van der Waals surface area contributed by atoms with E-state index in [1.54, 1.807) is 0 Å². The van der Waals surface area contributed by atoms with E-state index in [4.69, 9.17) is 4.74 Å². The van der Waals surface area contributed by atoms with E-state index in [9.17, 15) is 0 Å². The molecule has 2 heteroatoms. The zero-order valence-corrected chi connectivity index (χ0v) is 6.70. The highest BCUT2D eigenvalue weighted by atomic mass is 32.2. The molecule has 1 rings (SSSR count). The van der Waals surface area contributed by atoms with Gasteiger partial charge in [-0.05, 0) is 19.4 Å². The molecule has 0 spiro atoms. The van der Waals surface area contributed by atoms with Gasteiger partial charge in [0.15, 0.2) is 0 Å². The molecule has 0 saturated carbocycles. The minimum atomic E-state index is 0.792. The molecule has 1 atom stereocenters. The average Bonchev–Trinajstić information content (AvgIpc) is 2.48. The molecule has 52 valence electrons. The van der Waals surface area contributed by atoms with Crippen LogP contribution in [0.25, 0.3) is 0 Å². The predicted octanol–water partition coefficient (Wildman–Crippen LogP) is 2.04. The smallest absolute Gasteiger partial charge is 0.0999 e. The molecule has 0 aromatic carbocycles. The second-order valence-corrected chi connectivity index (χ2v) is 3.82. The molecule has 1 fully saturated rings. The number of ether oxygens (including phenoxy) is 1. The standard InChI is InChI=1S/C7H12OS/c1-6(2)3-8-4-7-5-9-7/h3,7H,4-5H2,1-2H3. The molecule has 9 heavy (non-hydrogen) atoms. The quantitative estimate of drug-likeness (QED) is 0.443. The van der Waals surface area contributed by atoms with E-state index in [2.05, 4.69) is 0 Å². The maximum atomic E-state index is 5.24. The first-order valence-corrected chi connectivity index (χ1v) is 4.20. The molecule has 1 heterocycles. The summed E-state index contributed by atoms with van der Waals surface area (Å²) in [7, 11) is 0. The molecule has 0 radical (unpaired) electrons. The third-order valence-corrected chi connectivity index (χ3v) is 1.94. The number of hydrogen-bond donors (Lipinski definition) is 0. The van der Waals surface area contributed by atoms with Crippen molar-refractivity contribution in [2.75, 3.05) is 12.4 Å². The van der Waals surface area contributed by atoms with Crippen molar-refractivity contribution in [1.29, 1.82) is 0 Å². The van der Waals surface area contributed by atoms with Crippen molar-refractivity contribution >= 4 is 11.8 Å². The van der Waals surface area contributed by atoms with Crippen LogP contribution in [-0.4, -0.2) is 17.6 Å². The lowest BCUT2D eigenvalue weighted by Crippen LogP contribution is -1.94. The van der Waals surface area contributed by atoms with Gasteiger partial charge in [-0.15, -0.1) is 0 Å². The van der Waals surface area contributed by atoms with Crippen LogP contribution in [0.3, 0.4) is 0 Å². The average molecular weight is 144 g/mol. The van der Waals surface area contributed by atoms with E-state index in [1.165, 1.54) is 11.3 Å². The molecule has 0 bridgehead atoms. The Labute approximate surface area is 60.5 Å². The molecule has 1 aliphatic heterocycles. The van der Waals surface area contributed by atoms with Crippen LogP contribution in [0.1, 0.15) is 13.8 Å². The van der Waals surface area contributed by atoms with E-state index in [0.29, 0.717) is 0 Å². The Morgan fingerprint density at radius 2 is 2.44 bits per heavy atom. The molecule has 0 aromatic rings. The highest BCUT2D eigenvalue weighted by Crippen LogP contribution is 2.29. The Balaban J connectivity index is 1.97. The van der Waals surface area contributed by atoms with Gasteiger partial charge in [-0.2, -0.15) is 11.8 Å². The van der Waals surface area contributed by atoms with Gasteiger partial charge in [0.2, 0.25) is 0 Å². The van der Waals surface area contributed by atoms with Crippen molar-refractivity contribution in [3.63, 3.8) is 0 Å². The van der Waals surface area contributed by atoms with Gasteiger partial charge >= 0.3 is 0 Å². The Morgan fingerprint density at radius 1 is 1.78 bits per heavy atom. The van der Waals surface area contributed by atoms with Crippen LogP contribution in [0.2, 0.25) is 0 Å². The second-order valence-electron chi connectivity index (χ2n) is 2.48. The highest BCUT2D eigenvalue weighted by molar-refractivity contribution is 8.06. The summed E-state index contributed by atoms with van der Waals surface area (Å²) in [5.74, 6) is 1.29. The van der Waals surface area contributed by atoms with Crippen molar-refractivity contribution < 1.29 is 4.74 Å². The summed E-state index contributed by atoms with van der Waals surface area (Å²) < 4.78 is 5.24. The van der Waals surface area contributed by atoms with Crippen molar-refractivity contribution in [3.8, 4) is 0 Å². The first kappa shape index (κ1) is 7.00. The van der Waals surface area contributed by atoms with Crippen molar-refractivity contribution in [1.82, 2.24) is 0 Å². The van der Waals surface area contributed by atoms with Crippen LogP contribution in [0.5, 0.6) is 0 Å². The fourth-order valence-electron chi connectivity index (χ4n) is 0.486. The second kappa shape index (κ2) is 3.16. The molecular weight excluding hydrogens is 132 g/mol. The Hall–Kier alpha value is -0.110. The van der Waals surface area contributed by atoms with Gasteiger partial charge in [0, 0.05) is 11.0 Å². The van der Waals surface area contributed by atoms with E-state index in [-0.39, 0.29) is 0 Å². The molecule has 0 aromatic heterocycles. The molecule has 0 aliphatic carbocycles. The first-order valence-electron chi connectivity index (χ1n) is 3.15. The maximum absolute atomic E-state index is 5.24. The third kappa shape index (κ3) is 3.46. The van der Waals surface area contributed by atoms with Gasteiger partial charge in [-0.25, -0.2) is 0 Å². The number of hydrogen-bond acceptors (Lipinski definition) is 2. The summed E-state index contributed by atoms with van der Waals surface area (Å²) in [6.45, 7) is 4.98. The summed E-state index contributed by atoms with van der Waals surface area (Å²) in [5, 5.41) is 0.792. The van der Waals surface area contributed by atoms with Crippen molar-refractivity contribution in [2.45, 2.75) is 19.1 Å². The lowest BCUT2D eigenvalue weighted by atomic mass is 10.4. The van der Waals surface area contributed by atoms with E-state index in [1.807, 2.05) is 31.9 Å². The number of rotatable bonds is 3. The monoisotopic (exact) mass is 144 g/mol. The Bertz CT molecular complexity index is 112. The van der Waals surface area contributed by atoms with Crippen LogP contribution < -0.4 is 0 Å². The molecule has 0 amide bonds. The first-order chi connectivity index (χ1) is 4.29. The molecule has 1 unspecified atom stereocenters. The fourth-order valence-corrected chi connectivity index (χ4v) is 0.893. The predicted molar refractivity (Wildman–Crippen MR) is 41.6 cm³/mol. The largest absolute Gasteiger partial charge is 0.500 e. The van der Waals surface area contributed by atoms with Gasteiger partial charge in [-0.3, -0.25) is 0 Å². The van der Waals surface area contributed by atoms with Crippen LogP contribution in [0, 0.1) is 0 Å². The van der Waals surface area contributed by atoms with Gasteiger partial charge in [0.25, 0.3) is 0 Å². The molecule has 0 N–H and O–H groups in total. The van der Waals surface area contributed by atoms with Gasteiger partial charge in [-0.1, -0.05) is 0 Å².